The van der Waals surface area contributed by atoms with E-state index in [4.69, 9.17) is 0 Å². The molecule has 4 rings (SSSR count). The molecule has 2 unspecified atom stereocenters. The largest absolute Gasteiger partial charge is 0.346 e. The predicted octanol–water partition coefficient (Wildman–Crippen LogP) is 1.77. The molecular formula is C21H24FN5O. The average Bonchev–Trinajstić information content (AvgIpc) is 3.01. The van der Waals surface area contributed by atoms with Gasteiger partial charge in [-0.05, 0) is 30.8 Å². The minimum atomic E-state index is -0.492. The number of hydrogen-bond acceptors (Lipinski definition) is 5. The van der Waals surface area contributed by atoms with Crippen LogP contribution >= 0.6 is 0 Å². The summed E-state index contributed by atoms with van der Waals surface area (Å²) in [5, 5.41) is 11.1. The summed E-state index contributed by atoms with van der Waals surface area (Å²) in [6.07, 6.45) is 4.31. The van der Waals surface area contributed by atoms with Crippen LogP contribution in [0.5, 0.6) is 0 Å². The maximum absolute atomic E-state index is 13.6. The van der Waals surface area contributed by atoms with Crippen LogP contribution in [0.2, 0.25) is 0 Å². The molecule has 28 heavy (non-hydrogen) atoms. The lowest BCUT2D eigenvalue weighted by Gasteiger charge is -2.25. The lowest BCUT2D eigenvalue weighted by atomic mass is 9.93. The van der Waals surface area contributed by atoms with E-state index >= 15 is 0 Å². The summed E-state index contributed by atoms with van der Waals surface area (Å²) in [5.74, 6) is -1.13. The Morgan fingerprint density at radius 2 is 2.00 bits per heavy atom. The van der Waals surface area contributed by atoms with Gasteiger partial charge in [0.2, 0.25) is 0 Å². The van der Waals surface area contributed by atoms with Gasteiger partial charge in [-0.3, -0.25) is 9.69 Å². The number of rotatable bonds is 4. The molecular weight excluding hydrogens is 357 g/mol. The number of allylic oxidation sites excluding steroid dienone is 4. The first kappa shape index (κ1) is 18.7. The highest BCUT2D eigenvalue weighted by atomic mass is 19.1. The van der Waals surface area contributed by atoms with Crippen molar-refractivity contribution in [3.05, 3.63) is 60.0 Å². The van der Waals surface area contributed by atoms with Crippen molar-refractivity contribution in [3.63, 3.8) is 0 Å². The number of fused-ring (bicyclic) bond motifs is 1. The normalized spacial score (nSPS) is 25.4. The van der Waals surface area contributed by atoms with Crippen molar-refractivity contribution in [1.82, 2.24) is 15.1 Å². The third-order valence-electron chi connectivity index (χ3n) is 5.25. The van der Waals surface area contributed by atoms with E-state index in [9.17, 15) is 9.18 Å². The molecule has 1 N–H and O–H groups in total. The summed E-state index contributed by atoms with van der Waals surface area (Å²) in [6.45, 7) is 4.23. The summed E-state index contributed by atoms with van der Waals surface area (Å²) in [7, 11) is 2.06. The minimum absolute atomic E-state index is 0.0385. The monoisotopic (exact) mass is 381 g/mol. The molecule has 1 aromatic rings. The van der Waals surface area contributed by atoms with Crippen LogP contribution in [0.15, 0.2) is 64.6 Å². The van der Waals surface area contributed by atoms with Crippen LogP contribution in [0, 0.1) is 5.92 Å². The molecule has 7 heteroatoms. The zero-order chi connectivity index (χ0) is 19.5. The van der Waals surface area contributed by atoms with E-state index in [0.717, 1.165) is 32.7 Å². The van der Waals surface area contributed by atoms with Crippen LogP contribution in [0.1, 0.15) is 5.56 Å². The summed E-state index contributed by atoms with van der Waals surface area (Å²) >= 11 is 0. The van der Waals surface area contributed by atoms with Crippen LogP contribution in [0.3, 0.4) is 0 Å². The van der Waals surface area contributed by atoms with Crippen molar-refractivity contribution in [1.29, 1.82) is 0 Å². The zero-order valence-corrected chi connectivity index (χ0v) is 15.9. The van der Waals surface area contributed by atoms with Gasteiger partial charge in [0, 0.05) is 32.7 Å². The maximum atomic E-state index is 13.6. The Kier molecular flexibility index (Phi) is 5.45. The van der Waals surface area contributed by atoms with Gasteiger partial charge in [-0.2, -0.15) is 5.10 Å². The van der Waals surface area contributed by atoms with E-state index in [1.54, 1.807) is 6.08 Å². The van der Waals surface area contributed by atoms with Gasteiger partial charge in [0.05, 0.1) is 17.7 Å². The predicted molar refractivity (Wildman–Crippen MR) is 108 cm³/mol. The number of carbonyl (C=O) groups is 1. The molecule has 2 atom stereocenters. The van der Waals surface area contributed by atoms with Gasteiger partial charge in [-0.15, -0.1) is 5.10 Å². The standard InChI is InChI=1S/C21H24FN5O/c1-26-9-10-27(12-15-5-3-2-4-6-15)14-17(13-26)23-21(28)20-18-11-16(22)7-8-19(18)24-25-20/h2-8,11,17-18H,9-10,12-14H2,1H3,(H,23,28). The van der Waals surface area contributed by atoms with E-state index in [-0.39, 0.29) is 23.5 Å². The molecule has 0 saturated carbocycles. The average molecular weight is 381 g/mol. The number of hydrogen-bond donors (Lipinski definition) is 1. The van der Waals surface area contributed by atoms with Crippen LogP contribution in [-0.4, -0.2) is 66.4 Å². The van der Waals surface area contributed by atoms with Crippen LogP contribution in [-0.2, 0) is 11.3 Å². The second-order valence-electron chi connectivity index (χ2n) is 7.53. The number of nitrogens with one attached hydrogen (secondary N) is 1. The summed E-state index contributed by atoms with van der Waals surface area (Å²) in [6, 6.07) is 10.3. The van der Waals surface area contributed by atoms with E-state index in [0.29, 0.717) is 5.71 Å². The Morgan fingerprint density at radius 3 is 2.82 bits per heavy atom. The van der Waals surface area contributed by atoms with E-state index in [1.807, 2.05) is 18.2 Å². The molecule has 1 aliphatic carbocycles. The minimum Gasteiger partial charge on any atom is -0.346 e. The summed E-state index contributed by atoms with van der Waals surface area (Å²) < 4.78 is 13.6. The number of carbonyl (C=O) groups excluding carboxylic acids is 1. The van der Waals surface area contributed by atoms with E-state index < -0.39 is 5.92 Å². The fraction of sp³-hybridized carbons (Fsp3) is 0.381. The first-order chi connectivity index (χ1) is 13.6. The molecule has 0 radical (unpaired) electrons. The molecule has 1 saturated heterocycles. The molecule has 2 heterocycles. The van der Waals surface area contributed by atoms with Gasteiger partial charge in [0.1, 0.15) is 11.5 Å². The highest BCUT2D eigenvalue weighted by molar-refractivity contribution is 6.46. The van der Waals surface area contributed by atoms with Gasteiger partial charge < -0.3 is 10.2 Å². The van der Waals surface area contributed by atoms with E-state index in [2.05, 4.69) is 44.5 Å². The summed E-state index contributed by atoms with van der Waals surface area (Å²) in [5.41, 5.74) is 2.12. The van der Waals surface area contributed by atoms with Crippen molar-refractivity contribution < 1.29 is 9.18 Å². The van der Waals surface area contributed by atoms with Crippen molar-refractivity contribution in [3.8, 4) is 0 Å². The Balaban J connectivity index is 1.41. The molecule has 6 nitrogen and oxygen atoms in total. The summed E-state index contributed by atoms with van der Waals surface area (Å²) in [4.78, 5) is 17.4. The third-order valence-corrected chi connectivity index (χ3v) is 5.25. The van der Waals surface area contributed by atoms with Gasteiger partial charge in [0.25, 0.3) is 5.91 Å². The third kappa shape index (κ3) is 4.26. The first-order valence-corrected chi connectivity index (χ1v) is 9.55. The van der Waals surface area contributed by atoms with Gasteiger partial charge in [-0.25, -0.2) is 4.39 Å². The van der Waals surface area contributed by atoms with Gasteiger partial charge >= 0.3 is 0 Å². The number of amides is 1. The van der Waals surface area contributed by atoms with Crippen LogP contribution < -0.4 is 5.32 Å². The van der Waals surface area contributed by atoms with Crippen molar-refractivity contribution in [2.24, 2.45) is 16.1 Å². The highest BCUT2D eigenvalue weighted by Crippen LogP contribution is 2.22. The first-order valence-electron chi connectivity index (χ1n) is 9.55. The molecule has 0 spiro atoms. The zero-order valence-electron chi connectivity index (χ0n) is 15.9. The van der Waals surface area contributed by atoms with Crippen LogP contribution in [0.25, 0.3) is 0 Å². The van der Waals surface area contributed by atoms with Crippen molar-refractivity contribution in [2.45, 2.75) is 12.6 Å². The second-order valence-corrected chi connectivity index (χ2v) is 7.53. The quantitative estimate of drug-likeness (QED) is 0.865. The van der Waals surface area contributed by atoms with Crippen molar-refractivity contribution in [2.75, 3.05) is 33.2 Å². The maximum Gasteiger partial charge on any atom is 0.268 e. The number of likely N-dealkylation sites (N-methyl/N-ethyl adjacent to an activating group) is 1. The smallest absolute Gasteiger partial charge is 0.268 e. The van der Waals surface area contributed by atoms with Crippen molar-refractivity contribution >= 4 is 17.3 Å². The Hall–Kier alpha value is -2.64. The lowest BCUT2D eigenvalue weighted by Crippen LogP contribution is -2.49. The number of halogens is 1. The molecule has 0 bridgehead atoms. The second kappa shape index (κ2) is 8.16. The molecule has 1 aromatic carbocycles. The molecule has 2 aliphatic heterocycles. The number of nitrogens with zero attached hydrogens (tertiary/aromatic N) is 4. The van der Waals surface area contributed by atoms with Crippen LogP contribution in [0.4, 0.5) is 4.39 Å². The molecule has 0 aromatic heterocycles. The molecule has 3 aliphatic rings. The number of benzene rings is 1. The lowest BCUT2D eigenvalue weighted by molar-refractivity contribution is -0.115. The highest BCUT2D eigenvalue weighted by Gasteiger charge is 2.33. The molecule has 1 amide bonds. The molecule has 1 fully saturated rings. The topological polar surface area (TPSA) is 60.3 Å². The Morgan fingerprint density at radius 1 is 1.18 bits per heavy atom. The van der Waals surface area contributed by atoms with E-state index in [1.165, 1.54) is 17.7 Å². The fourth-order valence-corrected chi connectivity index (χ4v) is 3.82. The SMILES string of the molecule is CN1CCN(Cc2ccccc2)CC(NC(=O)C2=NN=C3C=CC(F)=CC32)C1. The fourth-order valence-electron chi connectivity index (χ4n) is 3.82. The van der Waals surface area contributed by atoms with Gasteiger partial charge in [0.15, 0.2) is 0 Å². The van der Waals surface area contributed by atoms with Gasteiger partial charge in [-0.1, -0.05) is 30.3 Å². The Labute approximate surface area is 164 Å². The molecule has 146 valence electrons. The Bertz CT molecular complexity index is 861.